The van der Waals surface area contributed by atoms with Crippen molar-refractivity contribution in [1.29, 1.82) is 0 Å². The largest absolute Gasteiger partial charge is 0.373 e. The molecule has 0 amide bonds. The monoisotopic (exact) mass is 245 g/mol. The molecule has 98 valence electrons. The summed E-state index contributed by atoms with van der Waals surface area (Å²) >= 11 is 0. The second-order valence-electron chi connectivity index (χ2n) is 5.82. The van der Waals surface area contributed by atoms with Crippen LogP contribution in [0.2, 0.25) is 0 Å². The first-order valence-electron chi connectivity index (χ1n) is 7.29. The van der Waals surface area contributed by atoms with Gasteiger partial charge in [0.1, 0.15) is 0 Å². The molecule has 2 N–H and O–H groups in total. The summed E-state index contributed by atoms with van der Waals surface area (Å²) in [7, 11) is 0. The highest BCUT2D eigenvalue weighted by molar-refractivity contribution is 5.35. The molecule has 0 radical (unpaired) electrons. The van der Waals surface area contributed by atoms with Crippen molar-refractivity contribution in [3.63, 3.8) is 0 Å². The number of hydrogen-bond acceptors (Lipinski definition) is 2. The molecule has 0 saturated heterocycles. The molecule has 1 saturated carbocycles. The summed E-state index contributed by atoms with van der Waals surface area (Å²) < 4.78 is 6.02. The van der Waals surface area contributed by atoms with Crippen LogP contribution < -0.4 is 5.73 Å². The second-order valence-corrected chi connectivity index (χ2v) is 5.82. The first kappa shape index (κ1) is 12.2. The maximum atomic E-state index is 6.02. The normalized spacial score (nSPS) is 27.2. The molecule has 3 rings (SSSR count). The summed E-state index contributed by atoms with van der Waals surface area (Å²) in [4.78, 5) is 0. The Kier molecular flexibility index (Phi) is 3.67. The van der Waals surface area contributed by atoms with E-state index in [4.69, 9.17) is 10.5 Å². The van der Waals surface area contributed by atoms with Crippen molar-refractivity contribution in [2.24, 2.45) is 5.73 Å². The van der Waals surface area contributed by atoms with Crippen LogP contribution in [0.25, 0.3) is 0 Å². The fourth-order valence-corrected chi connectivity index (χ4v) is 3.26. The summed E-state index contributed by atoms with van der Waals surface area (Å²) in [6.07, 6.45) is 8.79. The van der Waals surface area contributed by atoms with E-state index in [0.717, 1.165) is 13.0 Å². The topological polar surface area (TPSA) is 35.2 Å². The van der Waals surface area contributed by atoms with E-state index in [0.29, 0.717) is 12.1 Å². The Balaban J connectivity index is 1.56. The third kappa shape index (κ3) is 2.76. The molecule has 2 nitrogen and oxygen atoms in total. The smallest absolute Gasteiger partial charge is 0.0720 e. The van der Waals surface area contributed by atoms with Gasteiger partial charge in [0.2, 0.25) is 0 Å². The average Bonchev–Trinajstić information content (AvgIpc) is 2.84. The van der Waals surface area contributed by atoms with Gasteiger partial charge in [0, 0.05) is 6.04 Å². The lowest BCUT2D eigenvalue weighted by Crippen LogP contribution is -2.32. The van der Waals surface area contributed by atoms with Gasteiger partial charge in [-0.2, -0.15) is 0 Å². The van der Waals surface area contributed by atoms with Gasteiger partial charge in [-0.25, -0.2) is 0 Å². The Morgan fingerprint density at radius 3 is 2.89 bits per heavy atom. The van der Waals surface area contributed by atoms with Crippen LogP contribution in [0.3, 0.4) is 0 Å². The zero-order valence-corrected chi connectivity index (χ0v) is 11.0. The molecule has 1 fully saturated rings. The highest BCUT2D eigenvalue weighted by Crippen LogP contribution is 2.25. The SMILES string of the molecule is NC1CCCC(OCc2ccc3c(c2)CCC3)C1. The number of ether oxygens (including phenoxy) is 1. The number of hydrogen-bond donors (Lipinski definition) is 1. The highest BCUT2D eigenvalue weighted by atomic mass is 16.5. The van der Waals surface area contributed by atoms with Crippen LogP contribution in [0.1, 0.15) is 48.8 Å². The molecule has 0 bridgehead atoms. The summed E-state index contributed by atoms with van der Waals surface area (Å²) in [5.41, 5.74) is 10.4. The Bertz CT molecular complexity index is 416. The summed E-state index contributed by atoms with van der Waals surface area (Å²) in [6, 6.07) is 7.20. The van der Waals surface area contributed by atoms with Gasteiger partial charge in [0.15, 0.2) is 0 Å². The molecule has 0 aliphatic heterocycles. The van der Waals surface area contributed by atoms with E-state index in [1.807, 2.05) is 0 Å². The van der Waals surface area contributed by atoms with Crippen molar-refractivity contribution in [3.05, 3.63) is 34.9 Å². The van der Waals surface area contributed by atoms with Crippen molar-refractivity contribution in [1.82, 2.24) is 0 Å². The second kappa shape index (κ2) is 5.41. The van der Waals surface area contributed by atoms with Crippen LogP contribution in [0.15, 0.2) is 18.2 Å². The molecule has 1 aromatic carbocycles. The van der Waals surface area contributed by atoms with Crippen LogP contribution in [-0.4, -0.2) is 12.1 Å². The van der Waals surface area contributed by atoms with Gasteiger partial charge < -0.3 is 10.5 Å². The number of rotatable bonds is 3. The standard InChI is InChI=1S/C16H23NO/c17-15-5-2-6-16(10-15)18-11-12-7-8-13-3-1-4-14(13)9-12/h7-9,15-16H,1-6,10-11,17H2. The van der Waals surface area contributed by atoms with E-state index >= 15 is 0 Å². The molecule has 0 spiro atoms. The third-order valence-corrected chi connectivity index (χ3v) is 4.32. The molecule has 1 aromatic rings. The zero-order valence-electron chi connectivity index (χ0n) is 11.0. The first-order valence-corrected chi connectivity index (χ1v) is 7.29. The molecule has 2 aliphatic carbocycles. The first-order chi connectivity index (χ1) is 8.81. The molecule has 18 heavy (non-hydrogen) atoms. The van der Waals surface area contributed by atoms with Crippen molar-refractivity contribution in [2.45, 2.75) is 63.7 Å². The maximum Gasteiger partial charge on any atom is 0.0720 e. The molecule has 2 heteroatoms. The van der Waals surface area contributed by atoms with Crippen molar-refractivity contribution in [3.8, 4) is 0 Å². The number of fused-ring (bicyclic) bond motifs is 1. The van der Waals surface area contributed by atoms with E-state index < -0.39 is 0 Å². The summed E-state index contributed by atoms with van der Waals surface area (Å²) in [5, 5.41) is 0. The lowest BCUT2D eigenvalue weighted by Gasteiger charge is -2.26. The summed E-state index contributed by atoms with van der Waals surface area (Å²) in [6.45, 7) is 0.755. The number of aryl methyl sites for hydroxylation is 2. The minimum atomic E-state index is 0.351. The number of nitrogens with two attached hydrogens (primary N) is 1. The molecule has 2 aliphatic rings. The van der Waals surface area contributed by atoms with Crippen molar-refractivity contribution >= 4 is 0 Å². The minimum absolute atomic E-state index is 0.351. The predicted molar refractivity (Wildman–Crippen MR) is 73.5 cm³/mol. The van der Waals surface area contributed by atoms with Crippen molar-refractivity contribution in [2.75, 3.05) is 0 Å². The third-order valence-electron chi connectivity index (χ3n) is 4.32. The van der Waals surface area contributed by atoms with Crippen LogP contribution in [0.4, 0.5) is 0 Å². The lowest BCUT2D eigenvalue weighted by molar-refractivity contribution is 0.0122. The Morgan fingerprint density at radius 1 is 1.11 bits per heavy atom. The fourth-order valence-electron chi connectivity index (χ4n) is 3.26. The average molecular weight is 245 g/mol. The van der Waals surface area contributed by atoms with E-state index in [1.54, 1.807) is 5.56 Å². The Morgan fingerprint density at radius 2 is 2.00 bits per heavy atom. The van der Waals surface area contributed by atoms with Crippen LogP contribution in [-0.2, 0) is 24.2 Å². The fraction of sp³-hybridized carbons (Fsp3) is 0.625. The van der Waals surface area contributed by atoms with Gasteiger partial charge in [0.05, 0.1) is 12.7 Å². The van der Waals surface area contributed by atoms with Gasteiger partial charge in [-0.1, -0.05) is 18.2 Å². The van der Waals surface area contributed by atoms with Gasteiger partial charge in [-0.05, 0) is 61.6 Å². The van der Waals surface area contributed by atoms with Crippen LogP contribution in [0, 0.1) is 0 Å². The van der Waals surface area contributed by atoms with Gasteiger partial charge >= 0.3 is 0 Å². The quantitative estimate of drug-likeness (QED) is 0.888. The van der Waals surface area contributed by atoms with Gasteiger partial charge in [-0.15, -0.1) is 0 Å². The highest BCUT2D eigenvalue weighted by Gasteiger charge is 2.19. The summed E-state index contributed by atoms with van der Waals surface area (Å²) in [5.74, 6) is 0. The molecule has 0 heterocycles. The van der Waals surface area contributed by atoms with E-state index in [9.17, 15) is 0 Å². The van der Waals surface area contributed by atoms with Gasteiger partial charge in [-0.3, -0.25) is 0 Å². The predicted octanol–water partition coefficient (Wildman–Crippen LogP) is 2.96. The van der Waals surface area contributed by atoms with E-state index in [1.165, 1.54) is 49.7 Å². The Hall–Kier alpha value is -0.860. The number of benzene rings is 1. The van der Waals surface area contributed by atoms with E-state index in [-0.39, 0.29) is 0 Å². The maximum absolute atomic E-state index is 6.02. The molecule has 0 aromatic heterocycles. The van der Waals surface area contributed by atoms with Crippen LogP contribution in [0.5, 0.6) is 0 Å². The molecule has 2 atom stereocenters. The molecular formula is C16H23NO. The van der Waals surface area contributed by atoms with E-state index in [2.05, 4.69) is 18.2 Å². The van der Waals surface area contributed by atoms with Gasteiger partial charge in [0.25, 0.3) is 0 Å². The minimum Gasteiger partial charge on any atom is -0.373 e. The van der Waals surface area contributed by atoms with Crippen LogP contribution >= 0.6 is 0 Å². The lowest BCUT2D eigenvalue weighted by atomic mass is 9.93. The Labute approximate surface area is 110 Å². The molecular weight excluding hydrogens is 222 g/mol. The zero-order chi connectivity index (χ0) is 12.4. The molecule has 2 unspecified atom stereocenters. The van der Waals surface area contributed by atoms with Crippen molar-refractivity contribution < 1.29 is 4.74 Å².